The number of piperidine rings is 2. The average Bonchev–Trinajstić information content (AvgIpc) is 2.49. The van der Waals surface area contributed by atoms with E-state index in [4.69, 9.17) is 7.45 Å². The standard InChI is InChI=1S/C13H23AsN2O4/c1-14(19-12(17)10-6-2-4-8-15-10)20-13(18)11-7-3-5-9-16-11/h10-11,15-16H,2-9H2,1H3. The van der Waals surface area contributed by atoms with Crippen molar-refractivity contribution >= 4 is 27.3 Å². The Kier molecular flexibility index (Phi) is 6.33. The molecule has 2 fully saturated rings. The minimum absolute atomic E-state index is 0.230. The second-order valence-electron chi connectivity index (χ2n) is 5.27. The van der Waals surface area contributed by atoms with Gasteiger partial charge in [-0.05, 0) is 0 Å². The summed E-state index contributed by atoms with van der Waals surface area (Å²) in [6.45, 7) is 1.70. The predicted octanol–water partition coefficient (Wildman–Crippen LogP) is 0.475. The Hall–Kier alpha value is -0.582. The van der Waals surface area contributed by atoms with Crippen LogP contribution < -0.4 is 10.6 Å². The Morgan fingerprint density at radius 1 is 0.900 bits per heavy atom. The van der Waals surface area contributed by atoms with Gasteiger partial charge in [-0.15, -0.1) is 0 Å². The van der Waals surface area contributed by atoms with Crippen molar-refractivity contribution in [3.8, 4) is 0 Å². The fraction of sp³-hybridized carbons (Fsp3) is 0.846. The van der Waals surface area contributed by atoms with Gasteiger partial charge in [-0.3, -0.25) is 0 Å². The summed E-state index contributed by atoms with van der Waals surface area (Å²) in [5, 5.41) is 6.27. The molecule has 0 radical (unpaired) electrons. The molecule has 7 heteroatoms. The van der Waals surface area contributed by atoms with E-state index in [0.717, 1.165) is 51.6 Å². The van der Waals surface area contributed by atoms with Gasteiger partial charge >= 0.3 is 124 Å². The van der Waals surface area contributed by atoms with Crippen molar-refractivity contribution in [2.24, 2.45) is 0 Å². The molecule has 2 rings (SSSR count). The quantitative estimate of drug-likeness (QED) is 0.721. The van der Waals surface area contributed by atoms with E-state index in [1.807, 2.05) is 0 Å². The molecular formula is C13H23AsN2O4. The van der Waals surface area contributed by atoms with Crippen LogP contribution in [-0.4, -0.2) is 52.4 Å². The van der Waals surface area contributed by atoms with Crippen LogP contribution in [0.1, 0.15) is 38.5 Å². The summed E-state index contributed by atoms with van der Waals surface area (Å²) in [6, 6.07) is -0.459. The van der Waals surface area contributed by atoms with Crippen molar-refractivity contribution in [2.75, 3.05) is 13.1 Å². The molecule has 20 heavy (non-hydrogen) atoms. The van der Waals surface area contributed by atoms with E-state index >= 15 is 0 Å². The zero-order valence-corrected chi connectivity index (χ0v) is 13.8. The summed E-state index contributed by atoms with van der Waals surface area (Å²) >= 11 is -2.31. The minimum atomic E-state index is -2.31. The van der Waals surface area contributed by atoms with Crippen molar-refractivity contribution in [3.05, 3.63) is 0 Å². The molecule has 2 heterocycles. The number of hydrogen-bond donors (Lipinski definition) is 2. The van der Waals surface area contributed by atoms with Crippen LogP contribution in [-0.2, 0) is 17.0 Å². The molecule has 2 aliphatic heterocycles. The molecule has 0 saturated carbocycles. The second kappa shape index (κ2) is 8.01. The molecule has 0 aromatic rings. The normalized spacial score (nSPS) is 28.4. The summed E-state index contributed by atoms with van der Waals surface area (Å²) in [6.07, 6.45) is 5.88. The Bertz CT molecular complexity index is 309. The zero-order valence-electron chi connectivity index (χ0n) is 11.9. The molecule has 2 saturated heterocycles. The third kappa shape index (κ3) is 4.76. The molecule has 6 nitrogen and oxygen atoms in total. The Balaban J connectivity index is 1.72. The zero-order chi connectivity index (χ0) is 14.4. The van der Waals surface area contributed by atoms with Crippen LogP contribution in [0.2, 0.25) is 5.71 Å². The van der Waals surface area contributed by atoms with E-state index < -0.39 is 15.3 Å². The second-order valence-corrected chi connectivity index (χ2v) is 7.88. The van der Waals surface area contributed by atoms with Crippen molar-refractivity contribution in [1.82, 2.24) is 10.6 Å². The van der Waals surface area contributed by atoms with Gasteiger partial charge in [0, 0.05) is 0 Å². The Morgan fingerprint density at radius 3 is 1.70 bits per heavy atom. The van der Waals surface area contributed by atoms with E-state index in [1.54, 1.807) is 5.71 Å². The molecule has 0 spiro atoms. The number of rotatable bonds is 4. The van der Waals surface area contributed by atoms with E-state index in [0.29, 0.717) is 0 Å². The van der Waals surface area contributed by atoms with E-state index in [1.165, 1.54) is 0 Å². The first-order valence-electron chi connectivity index (χ1n) is 7.31. The number of carbonyl (C=O) groups is 2. The van der Waals surface area contributed by atoms with Gasteiger partial charge in [0.25, 0.3) is 0 Å². The maximum atomic E-state index is 11.9. The van der Waals surface area contributed by atoms with Gasteiger partial charge in [0.1, 0.15) is 0 Å². The van der Waals surface area contributed by atoms with Crippen LogP contribution >= 0.6 is 0 Å². The topological polar surface area (TPSA) is 76.7 Å². The third-order valence-electron chi connectivity index (χ3n) is 3.63. The molecule has 0 aliphatic carbocycles. The van der Waals surface area contributed by atoms with E-state index in [-0.39, 0.29) is 24.0 Å². The van der Waals surface area contributed by atoms with E-state index in [2.05, 4.69) is 10.6 Å². The van der Waals surface area contributed by atoms with Crippen molar-refractivity contribution < 1.29 is 17.0 Å². The van der Waals surface area contributed by atoms with Crippen LogP contribution in [0.5, 0.6) is 0 Å². The SMILES string of the molecule is C[As](OC(=O)C1CCCCN1)OC(=O)C1CCCCN1. The fourth-order valence-corrected chi connectivity index (χ4v) is 4.18. The fourth-order valence-electron chi connectivity index (χ4n) is 2.51. The van der Waals surface area contributed by atoms with Crippen LogP contribution in [0, 0.1) is 0 Å². The summed E-state index contributed by atoms with van der Waals surface area (Å²) in [5.41, 5.74) is 1.73. The molecular weight excluding hydrogens is 323 g/mol. The first-order chi connectivity index (χ1) is 9.66. The van der Waals surface area contributed by atoms with Gasteiger partial charge in [-0.2, -0.15) is 0 Å². The van der Waals surface area contributed by atoms with Gasteiger partial charge < -0.3 is 0 Å². The van der Waals surface area contributed by atoms with Crippen LogP contribution in [0.3, 0.4) is 0 Å². The number of carbonyl (C=O) groups excluding carboxylic acids is 2. The average molecular weight is 346 g/mol. The van der Waals surface area contributed by atoms with Crippen LogP contribution in [0.15, 0.2) is 0 Å². The molecule has 2 N–H and O–H groups in total. The monoisotopic (exact) mass is 346 g/mol. The molecule has 0 aromatic carbocycles. The molecule has 0 bridgehead atoms. The van der Waals surface area contributed by atoms with Gasteiger partial charge in [0.2, 0.25) is 0 Å². The van der Waals surface area contributed by atoms with Crippen LogP contribution in [0.4, 0.5) is 0 Å². The molecule has 114 valence electrons. The van der Waals surface area contributed by atoms with E-state index in [9.17, 15) is 9.59 Å². The Labute approximate surface area is 124 Å². The first-order valence-corrected chi connectivity index (χ1v) is 10.7. The van der Waals surface area contributed by atoms with Gasteiger partial charge in [0.05, 0.1) is 0 Å². The summed E-state index contributed by atoms with van der Waals surface area (Å²) < 4.78 is 10.6. The van der Waals surface area contributed by atoms with Crippen molar-refractivity contribution in [2.45, 2.75) is 56.3 Å². The molecule has 0 aromatic heterocycles. The van der Waals surface area contributed by atoms with Crippen molar-refractivity contribution in [3.63, 3.8) is 0 Å². The van der Waals surface area contributed by atoms with Crippen molar-refractivity contribution in [1.29, 1.82) is 0 Å². The third-order valence-corrected chi connectivity index (χ3v) is 5.46. The summed E-state index contributed by atoms with van der Waals surface area (Å²) in [4.78, 5) is 23.8. The van der Waals surface area contributed by atoms with Crippen LogP contribution in [0.25, 0.3) is 0 Å². The number of nitrogens with one attached hydrogen (secondary N) is 2. The Morgan fingerprint density at radius 2 is 1.35 bits per heavy atom. The predicted molar refractivity (Wildman–Crippen MR) is 75.1 cm³/mol. The summed E-state index contributed by atoms with van der Waals surface area (Å²) in [5.74, 6) is -0.534. The number of hydrogen-bond acceptors (Lipinski definition) is 6. The first kappa shape index (κ1) is 15.8. The maximum absolute atomic E-state index is 11.9. The van der Waals surface area contributed by atoms with Gasteiger partial charge in [-0.25, -0.2) is 0 Å². The summed E-state index contributed by atoms with van der Waals surface area (Å²) in [7, 11) is 0. The molecule has 2 aliphatic rings. The van der Waals surface area contributed by atoms with Gasteiger partial charge in [-0.1, -0.05) is 0 Å². The molecule has 2 atom stereocenters. The molecule has 2 unspecified atom stereocenters. The molecule has 0 amide bonds. The van der Waals surface area contributed by atoms with Gasteiger partial charge in [0.15, 0.2) is 0 Å².